The number of rotatable bonds is 5. The first kappa shape index (κ1) is 13.0. The summed E-state index contributed by atoms with van der Waals surface area (Å²) in [4.78, 5) is 4.35. The van der Waals surface area contributed by atoms with Crippen molar-refractivity contribution < 1.29 is 9.47 Å². The average Bonchev–Trinajstić information content (AvgIpc) is 2.76. The van der Waals surface area contributed by atoms with Gasteiger partial charge in [0.15, 0.2) is 0 Å². The Kier molecular flexibility index (Phi) is 4.25. The van der Waals surface area contributed by atoms with Gasteiger partial charge in [0.25, 0.3) is 0 Å². The Bertz CT molecular complexity index is 398. The largest absolute Gasteiger partial charge is 0.476 e. The van der Waals surface area contributed by atoms with Gasteiger partial charge in [0.05, 0.1) is 18.4 Å². The molecule has 1 aliphatic heterocycles. The molecule has 2 unspecified atom stereocenters. The van der Waals surface area contributed by atoms with Gasteiger partial charge < -0.3 is 20.5 Å². The van der Waals surface area contributed by atoms with Crippen LogP contribution >= 0.6 is 0 Å². The quantitative estimate of drug-likeness (QED) is 0.836. The number of aromatic nitrogens is 1. The van der Waals surface area contributed by atoms with Gasteiger partial charge in [-0.3, -0.25) is 0 Å². The second-order valence-corrected chi connectivity index (χ2v) is 4.53. The summed E-state index contributed by atoms with van der Waals surface area (Å²) in [6, 6.07) is 3.69. The van der Waals surface area contributed by atoms with Crippen LogP contribution in [0.4, 0.5) is 11.5 Å². The number of anilines is 2. The summed E-state index contributed by atoms with van der Waals surface area (Å²) in [5, 5.41) is 3.32. The van der Waals surface area contributed by atoms with Gasteiger partial charge in [-0.2, -0.15) is 4.98 Å². The third kappa shape index (κ3) is 3.04. The molecule has 18 heavy (non-hydrogen) atoms. The minimum absolute atomic E-state index is 0.317. The third-order valence-electron chi connectivity index (χ3n) is 3.25. The summed E-state index contributed by atoms with van der Waals surface area (Å²) >= 11 is 0. The van der Waals surface area contributed by atoms with Crippen LogP contribution in [0.3, 0.4) is 0 Å². The maximum atomic E-state index is 5.78. The second kappa shape index (κ2) is 5.91. The molecular formula is C13H21N3O2. The molecule has 1 aromatic heterocycles. The monoisotopic (exact) mass is 251 g/mol. The van der Waals surface area contributed by atoms with Crippen LogP contribution in [0.25, 0.3) is 0 Å². The highest BCUT2D eigenvalue weighted by Gasteiger charge is 2.23. The van der Waals surface area contributed by atoms with E-state index in [1.165, 1.54) is 0 Å². The van der Waals surface area contributed by atoms with E-state index in [0.717, 1.165) is 25.4 Å². The summed E-state index contributed by atoms with van der Waals surface area (Å²) in [7, 11) is 0. The standard InChI is InChI=1S/C13H21N3O2/c1-3-17-13-11(14)4-5-12(16-13)15-8-10-6-7-18-9(10)2/h4-5,9-10H,3,6-8,14H2,1-2H3,(H,15,16). The lowest BCUT2D eigenvalue weighted by molar-refractivity contribution is 0.108. The van der Waals surface area contributed by atoms with Crippen LogP contribution in [-0.4, -0.2) is 30.8 Å². The van der Waals surface area contributed by atoms with Crippen molar-refractivity contribution in [3.63, 3.8) is 0 Å². The molecule has 2 heterocycles. The molecule has 0 aromatic carbocycles. The Labute approximate surface area is 108 Å². The molecule has 0 spiro atoms. The molecule has 5 heteroatoms. The number of nitrogen functional groups attached to an aromatic ring is 1. The van der Waals surface area contributed by atoms with E-state index in [2.05, 4.69) is 17.2 Å². The van der Waals surface area contributed by atoms with Gasteiger partial charge in [-0.05, 0) is 32.4 Å². The van der Waals surface area contributed by atoms with Crippen LogP contribution in [-0.2, 0) is 4.74 Å². The molecule has 2 rings (SSSR count). The van der Waals surface area contributed by atoms with Crippen LogP contribution in [0, 0.1) is 5.92 Å². The molecule has 100 valence electrons. The molecule has 1 fully saturated rings. The number of ether oxygens (including phenoxy) is 2. The average molecular weight is 251 g/mol. The Hall–Kier alpha value is -1.49. The molecular weight excluding hydrogens is 230 g/mol. The van der Waals surface area contributed by atoms with Crippen molar-refractivity contribution in [2.75, 3.05) is 30.8 Å². The number of nitrogens with zero attached hydrogens (tertiary/aromatic N) is 1. The Morgan fingerprint density at radius 2 is 2.39 bits per heavy atom. The second-order valence-electron chi connectivity index (χ2n) is 4.53. The Balaban J connectivity index is 1.94. The zero-order valence-corrected chi connectivity index (χ0v) is 11.0. The first-order valence-corrected chi connectivity index (χ1v) is 6.45. The molecule has 3 N–H and O–H groups in total. The lowest BCUT2D eigenvalue weighted by atomic mass is 10.0. The third-order valence-corrected chi connectivity index (χ3v) is 3.25. The van der Waals surface area contributed by atoms with Crippen molar-refractivity contribution in [3.8, 4) is 5.88 Å². The summed E-state index contributed by atoms with van der Waals surface area (Å²) in [6.07, 6.45) is 1.42. The van der Waals surface area contributed by atoms with Crippen molar-refractivity contribution in [2.45, 2.75) is 26.4 Å². The molecule has 1 saturated heterocycles. The van der Waals surface area contributed by atoms with Crippen molar-refractivity contribution in [1.29, 1.82) is 0 Å². The molecule has 0 amide bonds. The van der Waals surface area contributed by atoms with Crippen LogP contribution in [0.15, 0.2) is 12.1 Å². The molecule has 5 nitrogen and oxygen atoms in total. The van der Waals surface area contributed by atoms with Gasteiger partial charge in [-0.15, -0.1) is 0 Å². The van der Waals surface area contributed by atoms with Gasteiger partial charge >= 0.3 is 0 Å². The molecule has 0 aliphatic carbocycles. The lowest BCUT2D eigenvalue weighted by Gasteiger charge is -2.15. The first-order valence-electron chi connectivity index (χ1n) is 6.45. The SMILES string of the molecule is CCOc1nc(NCC2CCOC2C)ccc1N. The predicted octanol–water partition coefficient (Wildman–Crippen LogP) is 1.90. The summed E-state index contributed by atoms with van der Waals surface area (Å²) in [5.74, 6) is 1.84. The Morgan fingerprint density at radius 1 is 1.56 bits per heavy atom. The summed E-state index contributed by atoms with van der Waals surface area (Å²) in [6.45, 7) is 6.31. The van der Waals surface area contributed by atoms with Crippen molar-refractivity contribution in [1.82, 2.24) is 4.98 Å². The maximum Gasteiger partial charge on any atom is 0.239 e. The predicted molar refractivity (Wildman–Crippen MR) is 71.8 cm³/mol. The molecule has 0 radical (unpaired) electrons. The van der Waals surface area contributed by atoms with E-state index in [1.807, 2.05) is 19.1 Å². The van der Waals surface area contributed by atoms with Crippen molar-refractivity contribution >= 4 is 11.5 Å². The van der Waals surface area contributed by atoms with E-state index >= 15 is 0 Å². The first-order chi connectivity index (χ1) is 8.70. The van der Waals surface area contributed by atoms with Gasteiger partial charge in [0.1, 0.15) is 5.82 Å². The zero-order chi connectivity index (χ0) is 13.0. The smallest absolute Gasteiger partial charge is 0.239 e. The molecule has 0 bridgehead atoms. The van der Waals surface area contributed by atoms with Crippen LogP contribution in [0.1, 0.15) is 20.3 Å². The van der Waals surface area contributed by atoms with E-state index in [-0.39, 0.29) is 0 Å². The fourth-order valence-corrected chi connectivity index (χ4v) is 2.08. The maximum absolute atomic E-state index is 5.78. The number of pyridine rings is 1. The number of hydrogen-bond acceptors (Lipinski definition) is 5. The van der Waals surface area contributed by atoms with E-state index in [0.29, 0.717) is 30.2 Å². The van der Waals surface area contributed by atoms with Crippen LogP contribution in [0.5, 0.6) is 5.88 Å². The molecule has 1 aliphatic rings. The van der Waals surface area contributed by atoms with E-state index in [9.17, 15) is 0 Å². The van der Waals surface area contributed by atoms with E-state index in [4.69, 9.17) is 15.2 Å². The fourth-order valence-electron chi connectivity index (χ4n) is 2.08. The summed E-state index contributed by atoms with van der Waals surface area (Å²) in [5.41, 5.74) is 6.35. The molecule has 1 aromatic rings. The number of hydrogen-bond donors (Lipinski definition) is 2. The fraction of sp³-hybridized carbons (Fsp3) is 0.615. The minimum atomic E-state index is 0.317. The highest BCUT2D eigenvalue weighted by atomic mass is 16.5. The Morgan fingerprint density at radius 3 is 3.06 bits per heavy atom. The van der Waals surface area contributed by atoms with Gasteiger partial charge in [0.2, 0.25) is 5.88 Å². The zero-order valence-electron chi connectivity index (χ0n) is 11.0. The molecule has 2 atom stereocenters. The highest BCUT2D eigenvalue weighted by Crippen LogP contribution is 2.23. The van der Waals surface area contributed by atoms with Crippen molar-refractivity contribution in [3.05, 3.63) is 12.1 Å². The normalized spacial score (nSPS) is 23.0. The van der Waals surface area contributed by atoms with Crippen molar-refractivity contribution in [2.24, 2.45) is 5.92 Å². The highest BCUT2D eigenvalue weighted by molar-refractivity contribution is 5.53. The molecule has 0 saturated carbocycles. The van der Waals surface area contributed by atoms with Gasteiger partial charge in [-0.25, -0.2) is 0 Å². The summed E-state index contributed by atoms with van der Waals surface area (Å²) < 4.78 is 10.9. The van der Waals surface area contributed by atoms with Gasteiger partial charge in [0, 0.05) is 19.1 Å². The van der Waals surface area contributed by atoms with Gasteiger partial charge in [-0.1, -0.05) is 0 Å². The van der Waals surface area contributed by atoms with E-state index < -0.39 is 0 Å². The topological polar surface area (TPSA) is 69.4 Å². The number of nitrogens with one attached hydrogen (secondary N) is 1. The van der Waals surface area contributed by atoms with E-state index in [1.54, 1.807) is 0 Å². The van der Waals surface area contributed by atoms with Crippen LogP contribution in [0.2, 0.25) is 0 Å². The number of nitrogens with two attached hydrogens (primary N) is 1. The van der Waals surface area contributed by atoms with Crippen LogP contribution < -0.4 is 15.8 Å². The lowest BCUT2D eigenvalue weighted by Crippen LogP contribution is -2.21. The minimum Gasteiger partial charge on any atom is -0.476 e.